The summed E-state index contributed by atoms with van der Waals surface area (Å²) in [6.45, 7) is 3.07. The van der Waals surface area contributed by atoms with E-state index in [4.69, 9.17) is 4.42 Å². The molecule has 174 valence electrons. The van der Waals surface area contributed by atoms with E-state index in [2.05, 4.69) is 14.5 Å². The second-order valence-corrected chi connectivity index (χ2v) is 8.52. The molecule has 0 radical (unpaired) electrons. The van der Waals surface area contributed by atoms with Gasteiger partial charge in [-0.1, -0.05) is 18.2 Å². The normalized spacial score (nSPS) is 18.3. The molecule has 0 atom stereocenters. The molecule has 0 spiro atoms. The van der Waals surface area contributed by atoms with Gasteiger partial charge in [0, 0.05) is 44.3 Å². The van der Waals surface area contributed by atoms with Gasteiger partial charge in [-0.25, -0.2) is 0 Å². The maximum Gasteiger partial charge on any atom is 0.387 e. The molecule has 2 fully saturated rings. The zero-order valence-electron chi connectivity index (χ0n) is 18.3. The smallest absolute Gasteiger partial charge is 0.387 e. The maximum absolute atomic E-state index is 13.1. The molecule has 1 aromatic carbocycles. The van der Waals surface area contributed by atoms with Crippen LogP contribution in [0.5, 0.6) is 5.75 Å². The third-order valence-corrected chi connectivity index (χ3v) is 6.43. The van der Waals surface area contributed by atoms with Crippen molar-refractivity contribution >= 4 is 5.91 Å². The van der Waals surface area contributed by atoms with Gasteiger partial charge in [0.05, 0.1) is 6.26 Å². The predicted molar refractivity (Wildman–Crippen MR) is 117 cm³/mol. The summed E-state index contributed by atoms with van der Waals surface area (Å²) >= 11 is 0. The molecule has 4 rings (SSSR count). The fraction of sp³-hybridized carbons (Fsp3) is 0.542. The van der Waals surface area contributed by atoms with E-state index in [9.17, 15) is 13.6 Å². The number of piperidine rings is 1. The summed E-state index contributed by atoms with van der Waals surface area (Å²) in [5.74, 6) is 0.556. The Morgan fingerprint density at radius 3 is 2.50 bits per heavy atom. The first kappa shape index (κ1) is 22.7. The van der Waals surface area contributed by atoms with E-state index in [1.54, 1.807) is 24.3 Å². The summed E-state index contributed by atoms with van der Waals surface area (Å²) in [4.78, 5) is 19.8. The standard InChI is InChI=1S/C24H31F2N3O3/c25-24(26)32-21-7-2-1-6-19(21)18-28-13-9-20(10-14-28)29(16-15-27-11-3-4-12-27)23(30)22-8-5-17-31-22/h1-2,5-8,17,20,24H,3-4,9-16,18H2. The van der Waals surface area contributed by atoms with Gasteiger partial charge in [0.15, 0.2) is 5.76 Å². The molecule has 2 saturated heterocycles. The van der Waals surface area contributed by atoms with E-state index in [0.29, 0.717) is 18.8 Å². The van der Waals surface area contributed by atoms with Crippen LogP contribution in [0.15, 0.2) is 47.1 Å². The van der Waals surface area contributed by atoms with Crippen molar-refractivity contribution in [2.45, 2.75) is 44.9 Å². The van der Waals surface area contributed by atoms with Gasteiger partial charge in [0.2, 0.25) is 0 Å². The molecule has 2 aliphatic rings. The monoisotopic (exact) mass is 447 g/mol. The van der Waals surface area contributed by atoms with Crippen molar-refractivity contribution in [1.29, 1.82) is 0 Å². The van der Waals surface area contributed by atoms with Crippen LogP contribution in [0, 0.1) is 0 Å². The summed E-state index contributed by atoms with van der Waals surface area (Å²) in [7, 11) is 0. The molecule has 2 aromatic rings. The van der Waals surface area contributed by atoms with Gasteiger partial charge in [-0.15, -0.1) is 0 Å². The molecule has 32 heavy (non-hydrogen) atoms. The van der Waals surface area contributed by atoms with Crippen molar-refractivity contribution in [2.24, 2.45) is 0 Å². The van der Waals surface area contributed by atoms with E-state index in [1.807, 2.05) is 17.0 Å². The number of hydrogen-bond donors (Lipinski definition) is 0. The minimum atomic E-state index is -2.83. The van der Waals surface area contributed by atoms with Gasteiger partial charge in [-0.3, -0.25) is 9.69 Å². The van der Waals surface area contributed by atoms with Crippen LogP contribution >= 0.6 is 0 Å². The number of halogens is 2. The van der Waals surface area contributed by atoms with Crippen LogP contribution in [0.25, 0.3) is 0 Å². The number of nitrogens with zero attached hydrogens (tertiary/aromatic N) is 3. The first-order chi connectivity index (χ1) is 15.6. The minimum Gasteiger partial charge on any atom is -0.459 e. The van der Waals surface area contributed by atoms with Crippen LogP contribution in [-0.4, -0.2) is 72.5 Å². The highest BCUT2D eigenvalue weighted by Crippen LogP contribution is 2.25. The van der Waals surface area contributed by atoms with E-state index >= 15 is 0 Å². The molecule has 1 aromatic heterocycles. The van der Waals surface area contributed by atoms with Gasteiger partial charge in [0.25, 0.3) is 5.91 Å². The summed E-state index contributed by atoms with van der Waals surface area (Å²) < 4.78 is 35.5. The summed E-state index contributed by atoms with van der Waals surface area (Å²) in [6.07, 6.45) is 5.66. The first-order valence-electron chi connectivity index (χ1n) is 11.4. The third kappa shape index (κ3) is 5.86. The number of furan rings is 1. The third-order valence-electron chi connectivity index (χ3n) is 6.43. The van der Waals surface area contributed by atoms with Crippen molar-refractivity contribution in [3.05, 3.63) is 54.0 Å². The number of alkyl halides is 2. The van der Waals surface area contributed by atoms with Crippen LogP contribution < -0.4 is 4.74 Å². The number of likely N-dealkylation sites (tertiary alicyclic amines) is 2. The van der Waals surface area contributed by atoms with Crippen LogP contribution in [0.2, 0.25) is 0 Å². The van der Waals surface area contributed by atoms with Crippen LogP contribution in [-0.2, 0) is 6.54 Å². The van der Waals surface area contributed by atoms with Crippen molar-refractivity contribution in [1.82, 2.24) is 14.7 Å². The Labute approximate surface area is 187 Å². The highest BCUT2D eigenvalue weighted by atomic mass is 19.3. The second kappa shape index (κ2) is 10.9. The molecular weight excluding hydrogens is 416 g/mol. The zero-order valence-corrected chi connectivity index (χ0v) is 18.3. The summed E-state index contributed by atoms with van der Waals surface area (Å²) in [6, 6.07) is 10.5. The van der Waals surface area contributed by atoms with Gasteiger partial charge in [-0.2, -0.15) is 8.78 Å². The molecule has 0 bridgehead atoms. The van der Waals surface area contributed by atoms with Crippen molar-refractivity contribution in [3.63, 3.8) is 0 Å². The topological polar surface area (TPSA) is 49.2 Å². The predicted octanol–water partition coefficient (Wildman–Crippen LogP) is 4.08. The lowest BCUT2D eigenvalue weighted by molar-refractivity contribution is -0.0508. The number of carbonyl (C=O) groups excluding carboxylic acids is 1. The van der Waals surface area contributed by atoms with Crippen molar-refractivity contribution in [2.75, 3.05) is 39.3 Å². The van der Waals surface area contributed by atoms with Gasteiger partial charge in [0.1, 0.15) is 5.75 Å². The maximum atomic E-state index is 13.1. The van der Waals surface area contributed by atoms with Crippen molar-refractivity contribution < 1.29 is 22.7 Å². The lowest BCUT2D eigenvalue weighted by atomic mass is 10.0. The highest BCUT2D eigenvalue weighted by Gasteiger charge is 2.30. The summed E-state index contributed by atoms with van der Waals surface area (Å²) in [5, 5.41) is 0. The Morgan fingerprint density at radius 1 is 1.06 bits per heavy atom. The number of carbonyl (C=O) groups is 1. The minimum absolute atomic E-state index is 0.0525. The average molecular weight is 448 g/mol. The van der Waals surface area contributed by atoms with Gasteiger partial charge < -0.3 is 19.0 Å². The van der Waals surface area contributed by atoms with Crippen LogP contribution in [0.3, 0.4) is 0 Å². The molecule has 3 heterocycles. The molecule has 1 amide bonds. The number of hydrogen-bond acceptors (Lipinski definition) is 5. The fourth-order valence-corrected chi connectivity index (χ4v) is 4.72. The van der Waals surface area contributed by atoms with Crippen LogP contribution in [0.1, 0.15) is 41.8 Å². The lowest BCUT2D eigenvalue weighted by Crippen LogP contribution is -2.49. The quantitative estimate of drug-likeness (QED) is 0.580. The first-order valence-corrected chi connectivity index (χ1v) is 11.4. The Hall–Kier alpha value is -2.45. The Bertz CT molecular complexity index is 848. The Morgan fingerprint density at radius 2 is 1.81 bits per heavy atom. The second-order valence-electron chi connectivity index (χ2n) is 8.52. The zero-order chi connectivity index (χ0) is 22.3. The number of ether oxygens (including phenoxy) is 1. The van der Waals surface area contributed by atoms with Crippen LogP contribution in [0.4, 0.5) is 8.78 Å². The van der Waals surface area contributed by atoms with E-state index in [-0.39, 0.29) is 17.7 Å². The number of rotatable bonds is 9. The molecule has 6 nitrogen and oxygen atoms in total. The number of amides is 1. The Balaban J connectivity index is 1.37. The van der Waals surface area contributed by atoms with Gasteiger partial charge in [-0.05, 0) is 57.0 Å². The molecule has 0 saturated carbocycles. The van der Waals surface area contributed by atoms with E-state index in [0.717, 1.165) is 51.1 Å². The molecule has 0 unspecified atom stereocenters. The molecule has 0 N–H and O–H groups in total. The van der Waals surface area contributed by atoms with E-state index in [1.165, 1.54) is 19.1 Å². The van der Waals surface area contributed by atoms with E-state index < -0.39 is 6.61 Å². The fourth-order valence-electron chi connectivity index (χ4n) is 4.72. The largest absolute Gasteiger partial charge is 0.459 e. The molecule has 0 aliphatic carbocycles. The number of benzene rings is 1. The average Bonchev–Trinajstić information content (AvgIpc) is 3.50. The molecule has 2 aliphatic heterocycles. The number of para-hydroxylation sites is 1. The highest BCUT2D eigenvalue weighted by molar-refractivity contribution is 5.91. The lowest BCUT2D eigenvalue weighted by Gasteiger charge is -2.39. The Kier molecular flexibility index (Phi) is 7.76. The molecular formula is C24H31F2N3O3. The van der Waals surface area contributed by atoms with Crippen molar-refractivity contribution in [3.8, 4) is 5.75 Å². The summed E-state index contributed by atoms with van der Waals surface area (Å²) in [5.41, 5.74) is 0.754. The SMILES string of the molecule is O=C(c1ccco1)N(CCN1CCCC1)C1CCN(Cc2ccccc2OC(F)F)CC1. The molecule has 8 heteroatoms. The van der Waals surface area contributed by atoms with Gasteiger partial charge >= 0.3 is 6.61 Å².